The van der Waals surface area contributed by atoms with Crippen molar-refractivity contribution >= 4 is 5.97 Å². The minimum atomic E-state index is -1.02. The number of carboxylic acids is 1. The zero-order chi connectivity index (χ0) is 13.0. The van der Waals surface area contributed by atoms with E-state index in [1.54, 1.807) is 6.07 Å². The molecule has 0 bridgehead atoms. The van der Waals surface area contributed by atoms with Crippen molar-refractivity contribution in [3.8, 4) is 0 Å². The summed E-state index contributed by atoms with van der Waals surface area (Å²) in [6, 6.07) is 3.21. The van der Waals surface area contributed by atoms with Crippen LogP contribution in [0, 0.1) is 5.92 Å². The Labute approximate surface area is 107 Å². The Balaban J connectivity index is 1.70. The molecule has 1 aliphatic heterocycles. The Kier molecular flexibility index (Phi) is 4.38. The third-order valence-electron chi connectivity index (χ3n) is 3.42. The molecule has 1 aliphatic rings. The van der Waals surface area contributed by atoms with Crippen molar-refractivity contribution < 1.29 is 14.3 Å². The first kappa shape index (κ1) is 13.1. The molecule has 1 unspecified atom stereocenters. The van der Waals surface area contributed by atoms with Crippen LogP contribution in [0.2, 0.25) is 0 Å². The second kappa shape index (κ2) is 6.02. The van der Waals surface area contributed by atoms with Gasteiger partial charge in [-0.15, -0.1) is 0 Å². The summed E-state index contributed by atoms with van der Waals surface area (Å²) in [5.41, 5.74) is 0. The van der Waals surface area contributed by atoms with Crippen LogP contribution < -0.4 is 5.32 Å². The summed E-state index contributed by atoms with van der Waals surface area (Å²) in [4.78, 5) is 13.1. The molecule has 5 nitrogen and oxygen atoms in total. The average Bonchev–Trinajstić information content (AvgIpc) is 2.97. The lowest BCUT2D eigenvalue weighted by Crippen LogP contribution is -2.26. The van der Waals surface area contributed by atoms with Gasteiger partial charge in [-0.25, -0.2) is 4.79 Å². The summed E-state index contributed by atoms with van der Waals surface area (Å²) in [6.45, 7) is 7.20. The fourth-order valence-electron chi connectivity index (χ4n) is 2.35. The molecule has 0 aliphatic carbocycles. The van der Waals surface area contributed by atoms with Crippen LogP contribution in [0.3, 0.4) is 0 Å². The lowest BCUT2D eigenvalue weighted by molar-refractivity contribution is 0.0660. The van der Waals surface area contributed by atoms with Gasteiger partial charge in [0.1, 0.15) is 5.76 Å². The minimum absolute atomic E-state index is 0.00447. The Morgan fingerprint density at radius 1 is 1.61 bits per heavy atom. The van der Waals surface area contributed by atoms with Crippen molar-refractivity contribution in [3.63, 3.8) is 0 Å². The Hall–Kier alpha value is -1.33. The fraction of sp³-hybridized carbons (Fsp3) is 0.615. The zero-order valence-corrected chi connectivity index (χ0v) is 10.7. The Morgan fingerprint density at radius 2 is 2.44 bits per heavy atom. The molecule has 0 radical (unpaired) electrons. The quantitative estimate of drug-likeness (QED) is 0.801. The number of likely N-dealkylation sites (tertiary alicyclic amines) is 1. The van der Waals surface area contributed by atoms with Crippen LogP contribution in [0.15, 0.2) is 16.5 Å². The molecule has 1 aromatic rings. The number of carboxylic acid groups (broad SMARTS) is 1. The summed E-state index contributed by atoms with van der Waals surface area (Å²) in [5.74, 6) is 0.358. The molecule has 5 heteroatoms. The first-order valence-corrected chi connectivity index (χ1v) is 6.44. The molecule has 0 aromatic carbocycles. The number of hydrogen-bond donors (Lipinski definition) is 2. The van der Waals surface area contributed by atoms with E-state index in [1.807, 2.05) is 0 Å². The highest BCUT2D eigenvalue weighted by Gasteiger charge is 2.20. The summed E-state index contributed by atoms with van der Waals surface area (Å²) in [7, 11) is 0. The summed E-state index contributed by atoms with van der Waals surface area (Å²) >= 11 is 0. The number of nitrogens with zero attached hydrogens (tertiary/aromatic N) is 1. The molecule has 0 saturated carbocycles. The smallest absolute Gasteiger partial charge is 0.371 e. The van der Waals surface area contributed by atoms with Gasteiger partial charge >= 0.3 is 5.97 Å². The third-order valence-corrected chi connectivity index (χ3v) is 3.42. The van der Waals surface area contributed by atoms with Gasteiger partial charge in [-0.3, -0.25) is 0 Å². The third kappa shape index (κ3) is 3.34. The van der Waals surface area contributed by atoms with E-state index in [0.717, 1.165) is 19.6 Å². The molecule has 1 fully saturated rings. The first-order chi connectivity index (χ1) is 8.69. The molecule has 18 heavy (non-hydrogen) atoms. The number of aromatic carboxylic acids is 1. The number of carbonyl (C=O) groups is 1. The molecule has 1 aromatic heterocycles. The molecule has 0 spiro atoms. The molecule has 2 rings (SSSR count). The maximum absolute atomic E-state index is 10.6. The number of hydrogen-bond acceptors (Lipinski definition) is 4. The van der Waals surface area contributed by atoms with Gasteiger partial charge < -0.3 is 19.7 Å². The van der Waals surface area contributed by atoms with Crippen LogP contribution in [0.25, 0.3) is 0 Å². The zero-order valence-electron chi connectivity index (χ0n) is 10.7. The van der Waals surface area contributed by atoms with Gasteiger partial charge in [-0.2, -0.15) is 0 Å². The van der Waals surface area contributed by atoms with Crippen molar-refractivity contribution in [1.29, 1.82) is 0 Å². The van der Waals surface area contributed by atoms with Crippen LogP contribution >= 0.6 is 0 Å². The molecule has 1 atom stereocenters. The van der Waals surface area contributed by atoms with Crippen LogP contribution in [0.1, 0.15) is 29.7 Å². The SMILES string of the molecule is CCN1CCC(CNCc2ccc(C(=O)O)o2)C1. The standard InChI is InChI=1S/C13H20N2O3/c1-2-15-6-5-10(9-15)7-14-8-11-3-4-12(18-11)13(16)17/h3-4,10,14H,2,5-9H2,1H3,(H,16,17). The maximum atomic E-state index is 10.6. The van der Waals surface area contributed by atoms with E-state index >= 15 is 0 Å². The fourth-order valence-corrected chi connectivity index (χ4v) is 2.35. The number of furan rings is 1. The summed E-state index contributed by atoms with van der Waals surface area (Å²) in [5, 5.41) is 12.1. The first-order valence-electron chi connectivity index (χ1n) is 6.44. The molecule has 0 amide bonds. The van der Waals surface area contributed by atoms with E-state index in [9.17, 15) is 4.79 Å². The van der Waals surface area contributed by atoms with Crippen molar-refractivity contribution in [2.24, 2.45) is 5.92 Å². The van der Waals surface area contributed by atoms with Crippen molar-refractivity contribution in [3.05, 3.63) is 23.7 Å². The van der Waals surface area contributed by atoms with Crippen LogP contribution in [-0.2, 0) is 6.54 Å². The lowest BCUT2D eigenvalue weighted by atomic mass is 10.1. The highest BCUT2D eigenvalue weighted by molar-refractivity contribution is 5.84. The largest absolute Gasteiger partial charge is 0.475 e. The van der Waals surface area contributed by atoms with Gasteiger partial charge in [-0.05, 0) is 44.1 Å². The predicted molar refractivity (Wildman–Crippen MR) is 67.6 cm³/mol. The van der Waals surface area contributed by atoms with E-state index < -0.39 is 5.97 Å². The average molecular weight is 252 g/mol. The highest BCUT2D eigenvalue weighted by Crippen LogP contribution is 2.15. The molecule has 1 saturated heterocycles. The van der Waals surface area contributed by atoms with E-state index in [4.69, 9.17) is 9.52 Å². The summed E-state index contributed by atoms with van der Waals surface area (Å²) in [6.07, 6.45) is 1.24. The topological polar surface area (TPSA) is 65.7 Å². The van der Waals surface area contributed by atoms with Crippen LogP contribution in [-0.4, -0.2) is 42.2 Å². The van der Waals surface area contributed by atoms with Crippen LogP contribution in [0.5, 0.6) is 0 Å². The normalized spacial score (nSPS) is 20.4. The molecular formula is C13H20N2O3. The predicted octanol–water partition coefficient (Wildman–Crippen LogP) is 1.41. The second-order valence-electron chi connectivity index (χ2n) is 4.75. The van der Waals surface area contributed by atoms with Gasteiger partial charge in [-0.1, -0.05) is 6.92 Å². The van der Waals surface area contributed by atoms with Crippen molar-refractivity contribution in [1.82, 2.24) is 10.2 Å². The lowest BCUT2D eigenvalue weighted by Gasteiger charge is -2.13. The molecule has 2 heterocycles. The Bertz CT molecular complexity index is 403. The van der Waals surface area contributed by atoms with Crippen LogP contribution in [0.4, 0.5) is 0 Å². The van der Waals surface area contributed by atoms with Gasteiger partial charge in [0.15, 0.2) is 0 Å². The van der Waals surface area contributed by atoms with Crippen molar-refractivity contribution in [2.45, 2.75) is 19.9 Å². The van der Waals surface area contributed by atoms with Gasteiger partial charge in [0.2, 0.25) is 5.76 Å². The van der Waals surface area contributed by atoms with E-state index in [2.05, 4.69) is 17.1 Å². The second-order valence-corrected chi connectivity index (χ2v) is 4.75. The van der Waals surface area contributed by atoms with Crippen molar-refractivity contribution in [2.75, 3.05) is 26.2 Å². The molecule has 100 valence electrons. The Morgan fingerprint density at radius 3 is 3.06 bits per heavy atom. The van der Waals surface area contributed by atoms with Gasteiger partial charge in [0, 0.05) is 6.54 Å². The van der Waals surface area contributed by atoms with E-state index in [-0.39, 0.29) is 5.76 Å². The van der Waals surface area contributed by atoms with E-state index in [1.165, 1.54) is 19.0 Å². The maximum Gasteiger partial charge on any atom is 0.371 e. The van der Waals surface area contributed by atoms with Gasteiger partial charge in [0.05, 0.1) is 6.54 Å². The van der Waals surface area contributed by atoms with Gasteiger partial charge in [0.25, 0.3) is 0 Å². The number of rotatable bonds is 6. The van der Waals surface area contributed by atoms with E-state index in [0.29, 0.717) is 18.2 Å². The molecular weight excluding hydrogens is 232 g/mol. The summed E-state index contributed by atoms with van der Waals surface area (Å²) < 4.78 is 5.18. The minimum Gasteiger partial charge on any atom is -0.475 e. The number of nitrogens with one attached hydrogen (secondary N) is 1. The molecule has 2 N–H and O–H groups in total. The highest BCUT2D eigenvalue weighted by atomic mass is 16.4. The monoisotopic (exact) mass is 252 g/mol.